The Morgan fingerprint density at radius 2 is 1.71 bits per heavy atom. The van der Waals surface area contributed by atoms with Crippen LogP contribution in [0.25, 0.3) is 0 Å². The number of hydrogen-bond acceptors (Lipinski definition) is 4. The van der Waals surface area contributed by atoms with Crippen molar-refractivity contribution in [3.8, 4) is 0 Å². The molecule has 0 bridgehead atoms. The number of rotatable bonds is 11. The van der Waals surface area contributed by atoms with Gasteiger partial charge in [-0.15, -0.1) is 0 Å². The minimum Gasteiger partial charge on any atom is -0.434 e. The van der Waals surface area contributed by atoms with E-state index in [1.807, 2.05) is 0 Å². The molecule has 1 aliphatic carbocycles. The number of carbonyl (C=O) groups excluding carboxylic acids is 1. The third kappa shape index (κ3) is 7.00. The Balaban J connectivity index is 2.18. The zero-order valence-corrected chi connectivity index (χ0v) is 16.0. The highest BCUT2D eigenvalue weighted by Gasteiger charge is 2.44. The SMILES string of the molecule is CC(C)[C@@]1(OC(=O)OCCCCCCCCCO)CCCCC1C. The summed E-state index contributed by atoms with van der Waals surface area (Å²) in [4.78, 5) is 12.1. The molecular weight excluding hydrogens is 304 g/mol. The van der Waals surface area contributed by atoms with E-state index in [2.05, 4.69) is 20.8 Å². The zero-order chi connectivity index (χ0) is 17.8. The van der Waals surface area contributed by atoms with Crippen molar-refractivity contribution in [2.45, 2.75) is 97.0 Å². The van der Waals surface area contributed by atoms with Gasteiger partial charge in [0.1, 0.15) is 5.60 Å². The molecule has 4 heteroatoms. The van der Waals surface area contributed by atoms with Gasteiger partial charge in [-0.25, -0.2) is 4.79 Å². The van der Waals surface area contributed by atoms with Crippen LogP contribution >= 0.6 is 0 Å². The van der Waals surface area contributed by atoms with Gasteiger partial charge in [-0.05, 0) is 43.9 Å². The van der Waals surface area contributed by atoms with Gasteiger partial charge in [0.15, 0.2) is 0 Å². The third-order valence-corrected chi connectivity index (χ3v) is 5.56. The molecule has 0 spiro atoms. The maximum Gasteiger partial charge on any atom is 0.508 e. The molecular formula is C20H38O4. The van der Waals surface area contributed by atoms with Crippen LogP contribution in [-0.2, 0) is 9.47 Å². The molecule has 1 aliphatic rings. The van der Waals surface area contributed by atoms with Crippen LogP contribution in [0, 0.1) is 11.8 Å². The first-order chi connectivity index (χ1) is 11.5. The molecule has 1 unspecified atom stereocenters. The largest absolute Gasteiger partial charge is 0.508 e. The van der Waals surface area contributed by atoms with Crippen molar-refractivity contribution >= 4 is 6.16 Å². The maximum absolute atomic E-state index is 12.1. The lowest BCUT2D eigenvalue weighted by Crippen LogP contribution is -2.48. The van der Waals surface area contributed by atoms with Gasteiger partial charge in [0.2, 0.25) is 0 Å². The van der Waals surface area contributed by atoms with E-state index in [0.29, 0.717) is 25.0 Å². The zero-order valence-electron chi connectivity index (χ0n) is 16.0. The van der Waals surface area contributed by atoms with Gasteiger partial charge in [0.25, 0.3) is 0 Å². The van der Waals surface area contributed by atoms with E-state index in [0.717, 1.165) is 51.4 Å². The van der Waals surface area contributed by atoms with Crippen LogP contribution in [-0.4, -0.2) is 30.1 Å². The Hall–Kier alpha value is -0.770. The van der Waals surface area contributed by atoms with Gasteiger partial charge >= 0.3 is 6.16 Å². The molecule has 1 saturated carbocycles. The minimum atomic E-state index is -0.486. The number of carbonyl (C=O) groups is 1. The average molecular weight is 343 g/mol. The Kier molecular flexibility index (Phi) is 10.4. The molecule has 24 heavy (non-hydrogen) atoms. The van der Waals surface area contributed by atoms with E-state index >= 15 is 0 Å². The quantitative estimate of drug-likeness (QED) is 0.400. The Labute approximate surface area is 148 Å². The second kappa shape index (κ2) is 11.7. The summed E-state index contributed by atoms with van der Waals surface area (Å²) in [5.74, 6) is 0.719. The van der Waals surface area contributed by atoms with Gasteiger partial charge < -0.3 is 14.6 Å². The molecule has 142 valence electrons. The second-order valence-electron chi connectivity index (χ2n) is 7.66. The van der Waals surface area contributed by atoms with Gasteiger partial charge in [-0.3, -0.25) is 0 Å². The molecule has 0 aromatic carbocycles. The van der Waals surface area contributed by atoms with Crippen LogP contribution in [0.15, 0.2) is 0 Å². The second-order valence-corrected chi connectivity index (χ2v) is 7.66. The van der Waals surface area contributed by atoms with E-state index in [-0.39, 0.29) is 5.60 Å². The van der Waals surface area contributed by atoms with Crippen LogP contribution in [0.5, 0.6) is 0 Å². The van der Waals surface area contributed by atoms with Crippen LogP contribution < -0.4 is 0 Å². The lowest BCUT2D eigenvalue weighted by Gasteiger charge is -2.44. The highest BCUT2D eigenvalue weighted by Crippen LogP contribution is 2.42. The molecule has 2 atom stereocenters. The molecule has 0 saturated heterocycles. The van der Waals surface area contributed by atoms with Gasteiger partial charge in [-0.1, -0.05) is 59.3 Å². The third-order valence-electron chi connectivity index (χ3n) is 5.56. The number of aliphatic hydroxyl groups is 1. The molecule has 0 aliphatic heterocycles. The predicted molar refractivity (Wildman–Crippen MR) is 97.0 cm³/mol. The van der Waals surface area contributed by atoms with Crippen LogP contribution in [0.2, 0.25) is 0 Å². The summed E-state index contributed by atoms with van der Waals surface area (Å²) < 4.78 is 11.2. The summed E-state index contributed by atoms with van der Waals surface area (Å²) in [5, 5.41) is 8.72. The van der Waals surface area contributed by atoms with E-state index in [4.69, 9.17) is 14.6 Å². The van der Waals surface area contributed by atoms with Crippen molar-refractivity contribution in [3.05, 3.63) is 0 Å². The van der Waals surface area contributed by atoms with Crippen molar-refractivity contribution in [1.82, 2.24) is 0 Å². The van der Waals surface area contributed by atoms with Crippen molar-refractivity contribution in [1.29, 1.82) is 0 Å². The van der Waals surface area contributed by atoms with Crippen LogP contribution in [0.3, 0.4) is 0 Å². The fraction of sp³-hybridized carbons (Fsp3) is 0.950. The van der Waals surface area contributed by atoms with E-state index < -0.39 is 6.16 Å². The summed E-state index contributed by atoms with van der Waals surface area (Å²) >= 11 is 0. The van der Waals surface area contributed by atoms with Crippen LogP contribution in [0.4, 0.5) is 4.79 Å². The monoisotopic (exact) mass is 342 g/mol. The Morgan fingerprint density at radius 3 is 2.29 bits per heavy atom. The predicted octanol–water partition coefficient (Wildman–Crippen LogP) is 5.47. The summed E-state index contributed by atoms with van der Waals surface area (Å²) in [6.45, 7) is 7.24. The number of hydrogen-bond donors (Lipinski definition) is 1. The normalized spacial score (nSPS) is 24.1. The fourth-order valence-electron chi connectivity index (χ4n) is 3.91. The topological polar surface area (TPSA) is 55.8 Å². The van der Waals surface area contributed by atoms with Gasteiger partial charge in [-0.2, -0.15) is 0 Å². The summed E-state index contributed by atoms with van der Waals surface area (Å²) in [7, 11) is 0. The number of unbranched alkanes of at least 4 members (excludes halogenated alkanes) is 6. The van der Waals surface area contributed by atoms with Crippen LogP contribution in [0.1, 0.15) is 91.4 Å². The summed E-state index contributed by atoms with van der Waals surface area (Å²) in [5.41, 5.74) is -0.345. The molecule has 0 aromatic rings. The van der Waals surface area contributed by atoms with Crippen molar-refractivity contribution in [3.63, 3.8) is 0 Å². The molecule has 0 heterocycles. The highest BCUT2D eigenvalue weighted by atomic mass is 16.7. The molecule has 4 nitrogen and oxygen atoms in total. The number of aliphatic hydroxyl groups excluding tert-OH is 1. The van der Waals surface area contributed by atoms with Gasteiger partial charge in [0, 0.05) is 6.61 Å². The molecule has 1 fully saturated rings. The first kappa shape index (κ1) is 21.3. The molecule has 1 rings (SSSR count). The standard InChI is InChI=1S/C20H38O4/c1-17(2)20(14-10-9-13-18(20)3)24-19(22)23-16-12-8-6-4-5-7-11-15-21/h17-18,21H,4-16H2,1-3H3/t18?,20-/m0/s1. The molecule has 0 aromatic heterocycles. The van der Waals surface area contributed by atoms with E-state index in [1.165, 1.54) is 19.3 Å². The van der Waals surface area contributed by atoms with Crippen molar-refractivity contribution in [2.24, 2.45) is 11.8 Å². The lowest BCUT2D eigenvalue weighted by atomic mass is 9.70. The smallest absolute Gasteiger partial charge is 0.434 e. The molecule has 1 N–H and O–H groups in total. The fourth-order valence-corrected chi connectivity index (χ4v) is 3.91. The highest BCUT2D eigenvalue weighted by molar-refractivity contribution is 5.60. The van der Waals surface area contributed by atoms with E-state index in [9.17, 15) is 4.79 Å². The Bertz CT molecular complexity index is 343. The van der Waals surface area contributed by atoms with E-state index in [1.54, 1.807) is 0 Å². The summed E-state index contributed by atoms with van der Waals surface area (Å²) in [6, 6.07) is 0. The van der Waals surface area contributed by atoms with Gasteiger partial charge in [0.05, 0.1) is 6.61 Å². The Morgan fingerprint density at radius 1 is 1.08 bits per heavy atom. The molecule has 0 amide bonds. The van der Waals surface area contributed by atoms with Crippen molar-refractivity contribution < 1.29 is 19.4 Å². The average Bonchev–Trinajstić information content (AvgIpc) is 2.55. The lowest BCUT2D eigenvalue weighted by molar-refractivity contribution is -0.110. The first-order valence-corrected chi connectivity index (χ1v) is 9.99. The minimum absolute atomic E-state index is 0.298. The number of ether oxygens (including phenoxy) is 2. The van der Waals surface area contributed by atoms with Crippen molar-refractivity contribution in [2.75, 3.05) is 13.2 Å². The summed E-state index contributed by atoms with van der Waals surface area (Å²) in [6.07, 6.45) is 11.5. The first-order valence-electron chi connectivity index (χ1n) is 9.99. The maximum atomic E-state index is 12.1. The molecule has 0 radical (unpaired) electrons.